The lowest BCUT2D eigenvalue weighted by Gasteiger charge is -2.19. The minimum absolute atomic E-state index is 0.145. The van der Waals surface area contributed by atoms with Gasteiger partial charge in [-0.15, -0.1) is 11.3 Å². The van der Waals surface area contributed by atoms with Crippen LogP contribution in [0.25, 0.3) is 0 Å². The van der Waals surface area contributed by atoms with Crippen molar-refractivity contribution in [1.29, 1.82) is 0 Å². The molecule has 0 spiro atoms. The highest BCUT2D eigenvalue weighted by Crippen LogP contribution is 2.20. The molecule has 18 heavy (non-hydrogen) atoms. The van der Waals surface area contributed by atoms with E-state index in [2.05, 4.69) is 24.5 Å². The third-order valence-electron chi connectivity index (χ3n) is 2.63. The van der Waals surface area contributed by atoms with E-state index in [1.54, 1.807) is 11.3 Å². The number of thiophene rings is 1. The van der Waals surface area contributed by atoms with Gasteiger partial charge in [0.1, 0.15) is 5.60 Å². The Hall–Kier alpha value is -0.870. The molecule has 0 radical (unpaired) electrons. The molecule has 4 heteroatoms. The van der Waals surface area contributed by atoms with Crippen LogP contribution in [-0.2, 0) is 16.1 Å². The monoisotopic (exact) mass is 269 g/mol. The third kappa shape index (κ3) is 5.19. The van der Waals surface area contributed by atoms with Crippen LogP contribution in [0, 0.1) is 13.8 Å². The van der Waals surface area contributed by atoms with Crippen LogP contribution in [0.5, 0.6) is 0 Å². The van der Waals surface area contributed by atoms with Gasteiger partial charge < -0.3 is 10.1 Å². The maximum atomic E-state index is 11.5. The van der Waals surface area contributed by atoms with Gasteiger partial charge in [-0.05, 0) is 51.1 Å². The van der Waals surface area contributed by atoms with Gasteiger partial charge in [-0.1, -0.05) is 0 Å². The largest absolute Gasteiger partial charge is 0.460 e. The number of hydrogen-bond acceptors (Lipinski definition) is 4. The van der Waals surface area contributed by atoms with Gasteiger partial charge in [0, 0.05) is 18.0 Å². The summed E-state index contributed by atoms with van der Waals surface area (Å²) >= 11 is 1.77. The summed E-state index contributed by atoms with van der Waals surface area (Å²) < 4.78 is 5.24. The quantitative estimate of drug-likeness (QED) is 0.659. The molecule has 0 saturated heterocycles. The lowest BCUT2D eigenvalue weighted by atomic mass is 10.2. The second kappa shape index (κ2) is 6.34. The van der Waals surface area contributed by atoms with Crippen LogP contribution in [0.15, 0.2) is 5.38 Å². The topological polar surface area (TPSA) is 38.3 Å². The molecule has 0 aliphatic carbocycles. The maximum absolute atomic E-state index is 11.5. The summed E-state index contributed by atoms with van der Waals surface area (Å²) in [6.45, 7) is 11.4. The van der Waals surface area contributed by atoms with Crippen molar-refractivity contribution in [3.63, 3.8) is 0 Å². The molecule has 1 rings (SSSR count). The minimum atomic E-state index is -0.391. The first-order chi connectivity index (χ1) is 8.29. The first kappa shape index (κ1) is 15.2. The zero-order valence-electron chi connectivity index (χ0n) is 11.9. The maximum Gasteiger partial charge on any atom is 0.307 e. The molecule has 1 heterocycles. The molecule has 1 aromatic rings. The van der Waals surface area contributed by atoms with Crippen LogP contribution in [0.2, 0.25) is 0 Å². The number of hydrogen-bond donors (Lipinski definition) is 1. The van der Waals surface area contributed by atoms with Crippen molar-refractivity contribution in [3.8, 4) is 0 Å². The van der Waals surface area contributed by atoms with E-state index in [0.29, 0.717) is 13.0 Å². The van der Waals surface area contributed by atoms with Crippen LogP contribution in [0.4, 0.5) is 0 Å². The van der Waals surface area contributed by atoms with Gasteiger partial charge in [0.15, 0.2) is 0 Å². The minimum Gasteiger partial charge on any atom is -0.460 e. The smallest absolute Gasteiger partial charge is 0.307 e. The zero-order chi connectivity index (χ0) is 13.8. The number of carbonyl (C=O) groups excluding carboxylic acids is 1. The van der Waals surface area contributed by atoms with E-state index in [1.165, 1.54) is 16.0 Å². The van der Waals surface area contributed by atoms with Crippen molar-refractivity contribution in [2.45, 2.75) is 53.2 Å². The highest BCUT2D eigenvalue weighted by molar-refractivity contribution is 7.10. The van der Waals surface area contributed by atoms with Crippen LogP contribution in [0.1, 0.15) is 43.2 Å². The summed E-state index contributed by atoms with van der Waals surface area (Å²) in [7, 11) is 0. The normalized spacial score (nSPS) is 11.6. The van der Waals surface area contributed by atoms with Gasteiger partial charge in [0.2, 0.25) is 0 Å². The van der Waals surface area contributed by atoms with E-state index in [0.717, 1.165) is 6.54 Å². The number of nitrogens with one attached hydrogen (secondary N) is 1. The number of rotatable bonds is 5. The first-order valence-electron chi connectivity index (χ1n) is 6.26. The average Bonchev–Trinajstić information content (AvgIpc) is 2.53. The van der Waals surface area contributed by atoms with Crippen LogP contribution >= 0.6 is 11.3 Å². The number of aryl methyl sites for hydroxylation is 1. The Labute approximate surface area is 114 Å². The molecule has 0 amide bonds. The molecular weight excluding hydrogens is 246 g/mol. The van der Waals surface area contributed by atoms with Gasteiger partial charge >= 0.3 is 5.97 Å². The fraction of sp³-hybridized carbons (Fsp3) is 0.643. The van der Waals surface area contributed by atoms with Gasteiger partial charge in [-0.25, -0.2) is 0 Å². The molecule has 0 aromatic carbocycles. The molecule has 1 N–H and O–H groups in total. The predicted molar refractivity (Wildman–Crippen MR) is 76.0 cm³/mol. The summed E-state index contributed by atoms with van der Waals surface area (Å²) in [6.07, 6.45) is 0.416. The van der Waals surface area contributed by atoms with E-state index in [9.17, 15) is 4.79 Å². The highest BCUT2D eigenvalue weighted by atomic mass is 32.1. The van der Waals surface area contributed by atoms with Crippen LogP contribution in [0.3, 0.4) is 0 Å². The molecule has 0 aliphatic rings. The average molecular weight is 269 g/mol. The summed E-state index contributed by atoms with van der Waals surface area (Å²) in [6, 6.07) is 0. The Kier molecular flexibility index (Phi) is 5.35. The van der Waals surface area contributed by atoms with Crippen molar-refractivity contribution in [2.75, 3.05) is 6.54 Å². The Morgan fingerprint density at radius 1 is 1.39 bits per heavy atom. The highest BCUT2D eigenvalue weighted by Gasteiger charge is 2.15. The molecule has 0 bridgehead atoms. The molecule has 0 saturated carbocycles. The second-order valence-electron chi connectivity index (χ2n) is 5.46. The predicted octanol–water partition coefficient (Wildman–Crippen LogP) is 3.19. The number of carbonyl (C=O) groups is 1. The zero-order valence-corrected chi connectivity index (χ0v) is 12.7. The van der Waals surface area contributed by atoms with Crippen molar-refractivity contribution >= 4 is 17.3 Å². The summed E-state index contributed by atoms with van der Waals surface area (Å²) in [5.74, 6) is -0.145. The van der Waals surface area contributed by atoms with E-state index in [-0.39, 0.29) is 5.97 Å². The van der Waals surface area contributed by atoms with Gasteiger partial charge in [-0.2, -0.15) is 0 Å². The Bertz CT molecular complexity index is 404. The molecule has 0 atom stereocenters. The van der Waals surface area contributed by atoms with Crippen LogP contribution < -0.4 is 5.32 Å². The molecule has 1 aromatic heterocycles. The molecule has 0 fully saturated rings. The molecule has 3 nitrogen and oxygen atoms in total. The Morgan fingerprint density at radius 2 is 2.06 bits per heavy atom. The fourth-order valence-electron chi connectivity index (χ4n) is 1.54. The van der Waals surface area contributed by atoms with Crippen molar-refractivity contribution in [3.05, 3.63) is 21.4 Å². The lowest BCUT2D eigenvalue weighted by Crippen LogP contribution is -2.26. The van der Waals surface area contributed by atoms with Crippen molar-refractivity contribution in [1.82, 2.24) is 5.32 Å². The molecule has 102 valence electrons. The fourth-order valence-corrected chi connectivity index (χ4v) is 2.43. The lowest BCUT2D eigenvalue weighted by molar-refractivity contribution is -0.154. The van der Waals surface area contributed by atoms with E-state index in [4.69, 9.17) is 4.74 Å². The van der Waals surface area contributed by atoms with Gasteiger partial charge in [-0.3, -0.25) is 4.79 Å². The summed E-state index contributed by atoms with van der Waals surface area (Å²) in [5, 5.41) is 5.45. The SMILES string of the molecule is Cc1scc(CNCCC(=O)OC(C)(C)C)c1C. The van der Waals surface area contributed by atoms with E-state index >= 15 is 0 Å². The molecular formula is C14H23NO2S. The summed E-state index contributed by atoms with van der Waals surface area (Å²) in [4.78, 5) is 12.8. The third-order valence-corrected chi connectivity index (χ3v) is 3.69. The Balaban J connectivity index is 2.23. The number of ether oxygens (including phenoxy) is 1. The second-order valence-corrected chi connectivity index (χ2v) is 6.54. The van der Waals surface area contributed by atoms with E-state index in [1.807, 2.05) is 20.8 Å². The van der Waals surface area contributed by atoms with Gasteiger partial charge in [0.25, 0.3) is 0 Å². The summed E-state index contributed by atoms with van der Waals surface area (Å²) in [5.41, 5.74) is 2.28. The number of esters is 1. The first-order valence-corrected chi connectivity index (χ1v) is 7.13. The van der Waals surface area contributed by atoms with Crippen molar-refractivity contribution in [2.24, 2.45) is 0 Å². The Morgan fingerprint density at radius 3 is 2.56 bits per heavy atom. The van der Waals surface area contributed by atoms with E-state index < -0.39 is 5.60 Å². The standard InChI is InChI=1S/C14H23NO2S/c1-10-11(2)18-9-12(10)8-15-7-6-13(16)17-14(3,4)5/h9,15H,6-8H2,1-5H3. The molecule has 0 unspecified atom stereocenters. The molecule has 0 aliphatic heterocycles. The van der Waals surface area contributed by atoms with Gasteiger partial charge in [0.05, 0.1) is 6.42 Å². The van der Waals surface area contributed by atoms with Crippen LogP contribution in [-0.4, -0.2) is 18.1 Å². The van der Waals surface area contributed by atoms with Crippen molar-refractivity contribution < 1.29 is 9.53 Å².